The lowest BCUT2D eigenvalue weighted by Gasteiger charge is -2.11. The van der Waals surface area contributed by atoms with Crippen LogP contribution in [0.15, 0.2) is 0 Å². The van der Waals surface area contributed by atoms with Crippen LogP contribution in [0.2, 0.25) is 0 Å². The van der Waals surface area contributed by atoms with E-state index in [1.807, 2.05) is 6.92 Å². The first kappa shape index (κ1) is 13.8. The molecule has 0 aliphatic heterocycles. The van der Waals surface area contributed by atoms with Gasteiger partial charge >= 0.3 is 0 Å². The van der Waals surface area contributed by atoms with Crippen LogP contribution in [0.4, 0.5) is 17.6 Å². The van der Waals surface area contributed by atoms with Crippen LogP contribution >= 0.6 is 0 Å². The van der Waals surface area contributed by atoms with Crippen molar-refractivity contribution >= 4 is 10.9 Å². The molecule has 1 heterocycles. The second-order valence-corrected chi connectivity index (χ2v) is 4.59. The fourth-order valence-corrected chi connectivity index (χ4v) is 2.57. The molecule has 0 amide bonds. The minimum absolute atomic E-state index is 0.200. The molecule has 2 aromatic rings. The first-order valence-corrected chi connectivity index (χ1v) is 5.96. The quantitative estimate of drug-likeness (QED) is 0.324. The lowest BCUT2D eigenvalue weighted by molar-refractivity contribution is -0.654. The summed E-state index contributed by atoms with van der Waals surface area (Å²) in [5.74, 6) is -6.23. The van der Waals surface area contributed by atoms with E-state index in [1.165, 1.54) is 11.6 Å². The third-order valence-electron chi connectivity index (χ3n) is 3.69. The largest absolute Gasteiger partial charge is 0.255 e. The van der Waals surface area contributed by atoms with Gasteiger partial charge in [-0.15, -0.1) is 0 Å². The van der Waals surface area contributed by atoms with Crippen molar-refractivity contribution < 1.29 is 22.1 Å². The summed E-state index contributed by atoms with van der Waals surface area (Å²) >= 11 is 0. The number of hydrogen-bond acceptors (Lipinski definition) is 0. The van der Waals surface area contributed by atoms with E-state index in [0.717, 1.165) is 11.3 Å². The first-order chi connectivity index (χ1) is 8.82. The second-order valence-electron chi connectivity index (χ2n) is 4.59. The van der Waals surface area contributed by atoms with Gasteiger partial charge in [0.2, 0.25) is 11.6 Å². The molecule has 19 heavy (non-hydrogen) atoms. The molecule has 2 rings (SSSR count). The molecule has 0 unspecified atom stereocenters. The fraction of sp³-hybridized carbons (Fsp3) is 0.357. The third kappa shape index (κ3) is 1.71. The number of aromatic nitrogens is 1. The topological polar surface area (TPSA) is 3.88 Å². The zero-order valence-electron chi connectivity index (χ0n) is 11.2. The minimum Gasteiger partial charge on any atom is -0.203 e. The highest BCUT2D eigenvalue weighted by atomic mass is 19.2. The van der Waals surface area contributed by atoms with Gasteiger partial charge in [-0.25, -0.2) is 13.2 Å². The van der Waals surface area contributed by atoms with Gasteiger partial charge in [-0.05, 0) is 19.4 Å². The van der Waals surface area contributed by atoms with Gasteiger partial charge in [0.1, 0.15) is 7.05 Å². The Morgan fingerprint density at radius 2 is 1.37 bits per heavy atom. The molecule has 0 bridgehead atoms. The van der Waals surface area contributed by atoms with Gasteiger partial charge in [-0.1, -0.05) is 6.92 Å². The monoisotopic (exact) mass is 272 g/mol. The smallest absolute Gasteiger partial charge is 0.203 e. The van der Waals surface area contributed by atoms with Crippen LogP contribution < -0.4 is 4.57 Å². The highest BCUT2D eigenvalue weighted by molar-refractivity contribution is 5.82. The number of aryl methyl sites for hydroxylation is 2. The molecule has 0 radical (unpaired) electrons. The minimum atomic E-state index is -1.77. The number of rotatable bonds is 1. The summed E-state index contributed by atoms with van der Waals surface area (Å²) in [6, 6.07) is 0. The molecule has 0 N–H and O–H groups in total. The van der Waals surface area contributed by atoms with Crippen LogP contribution in [0, 0.1) is 37.1 Å². The molecule has 1 nitrogen and oxygen atoms in total. The lowest BCUT2D eigenvalue weighted by Crippen LogP contribution is -2.37. The molecule has 5 heteroatoms. The van der Waals surface area contributed by atoms with Gasteiger partial charge in [-0.3, -0.25) is 0 Å². The predicted octanol–water partition coefficient (Wildman–Crippen LogP) is 3.40. The van der Waals surface area contributed by atoms with Gasteiger partial charge < -0.3 is 0 Å². The summed E-state index contributed by atoms with van der Waals surface area (Å²) in [5.41, 5.74) is 1.70. The van der Waals surface area contributed by atoms with Crippen LogP contribution in [-0.4, -0.2) is 0 Å². The predicted molar refractivity (Wildman–Crippen MR) is 63.8 cm³/mol. The summed E-state index contributed by atoms with van der Waals surface area (Å²) in [6.45, 7) is 5.20. The van der Waals surface area contributed by atoms with E-state index in [0.29, 0.717) is 12.0 Å². The highest BCUT2D eigenvalue weighted by Crippen LogP contribution is 2.29. The zero-order valence-corrected chi connectivity index (χ0v) is 11.2. The van der Waals surface area contributed by atoms with Crippen LogP contribution in [0.25, 0.3) is 10.9 Å². The normalized spacial score (nSPS) is 11.4. The Morgan fingerprint density at radius 3 is 1.89 bits per heavy atom. The Hall–Kier alpha value is -1.65. The molecule has 0 atom stereocenters. The maximum atomic E-state index is 13.9. The molecular formula is C14H14F4N+. The summed E-state index contributed by atoms with van der Waals surface area (Å²) in [6.07, 6.45) is 0.583. The summed E-state index contributed by atoms with van der Waals surface area (Å²) in [5, 5.41) is -0.200. The van der Waals surface area contributed by atoms with E-state index in [4.69, 9.17) is 0 Å². The molecule has 0 saturated heterocycles. The number of hydrogen-bond donors (Lipinski definition) is 0. The summed E-state index contributed by atoms with van der Waals surface area (Å²) < 4.78 is 55.9. The number of benzene rings is 1. The Balaban J connectivity index is 3.18. The van der Waals surface area contributed by atoms with Crippen molar-refractivity contribution in [2.24, 2.45) is 7.05 Å². The van der Waals surface area contributed by atoms with Crippen molar-refractivity contribution in [3.05, 3.63) is 40.1 Å². The molecule has 0 fully saturated rings. The molecule has 102 valence electrons. The molecular weight excluding hydrogens is 258 g/mol. The van der Waals surface area contributed by atoms with Crippen LogP contribution in [0.1, 0.15) is 23.7 Å². The molecule has 0 aliphatic rings. The van der Waals surface area contributed by atoms with E-state index in [-0.39, 0.29) is 10.9 Å². The van der Waals surface area contributed by atoms with E-state index < -0.39 is 23.3 Å². The molecule has 0 spiro atoms. The lowest BCUT2D eigenvalue weighted by atomic mass is 10.00. The van der Waals surface area contributed by atoms with Crippen molar-refractivity contribution in [2.75, 3.05) is 0 Å². The molecule has 1 aromatic carbocycles. The molecule has 0 aliphatic carbocycles. The van der Waals surface area contributed by atoms with Crippen molar-refractivity contribution in [2.45, 2.75) is 27.2 Å². The van der Waals surface area contributed by atoms with E-state index in [2.05, 4.69) is 0 Å². The van der Waals surface area contributed by atoms with Gasteiger partial charge in [0, 0.05) is 12.0 Å². The zero-order chi connectivity index (χ0) is 14.5. The van der Waals surface area contributed by atoms with Gasteiger partial charge in [0.15, 0.2) is 17.3 Å². The Morgan fingerprint density at radius 1 is 0.842 bits per heavy atom. The van der Waals surface area contributed by atoms with Gasteiger partial charge in [0.05, 0.1) is 5.39 Å². The first-order valence-electron chi connectivity index (χ1n) is 5.96. The van der Waals surface area contributed by atoms with E-state index in [9.17, 15) is 17.6 Å². The van der Waals surface area contributed by atoms with Gasteiger partial charge in [0.25, 0.3) is 5.52 Å². The summed E-state index contributed by atoms with van der Waals surface area (Å²) in [7, 11) is 1.52. The van der Waals surface area contributed by atoms with E-state index in [1.54, 1.807) is 13.8 Å². The van der Waals surface area contributed by atoms with Crippen LogP contribution in [0.3, 0.4) is 0 Å². The molecule has 0 saturated carbocycles. The average Bonchev–Trinajstić information content (AvgIpc) is 2.38. The second kappa shape index (κ2) is 4.47. The third-order valence-corrected chi connectivity index (χ3v) is 3.69. The van der Waals surface area contributed by atoms with Crippen LogP contribution in [-0.2, 0) is 13.5 Å². The number of nitrogens with zero attached hydrogens (tertiary/aromatic N) is 1. The number of halogens is 4. The maximum absolute atomic E-state index is 13.9. The number of fused-ring (bicyclic) bond motifs is 1. The maximum Gasteiger partial charge on any atom is 0.255 e. The van der Waals surface area contributed by atoms with Crippen molar-refractivity contribution in [1.29, 1.82) is 0 Å². The number of pyridine rings is 1. The highest BCUT2D eigenvalue weighted by Gasteiger charge is 2.30. The van der Waals surface area contributed by atoms with Crippen molar-refractivity contribution in [1.82, 2.24) is 0 Å². The Labute approximate surface area is 108 Å². The summed E-state index contributed by atoms with van der Waals surface area (Å²) in [4.78, 5) is 0. The van der Waals surface area contributed by atoms with Crippen LogP contribution in [0.5, 0.6) is 0 Å². The molecule has 1 aromatic heterocycles. The fourth-order valence-electron chi connectivity index (χ4n) is 2.57. The van der Waals surface area contributed by atoms with Crippen molar-refractivity contribution in [3.8, 4) is 0 Å². The van der Waals surface area contributed by atoms with Gasteiger partial charge in [-0.2, -0.15) is 8.96 Å². The average molecular weight is 272 g/mol. The van der Waals surface area contributed by atoms with Crippen molar-refractivity contribution in [3.63, 3.8) is 0 Å². The Bertz CT molecular complexity index is 692. The standard InChI is InChI=1S/C14H14F4N/c1-5-8-6(2)7(3)9-10(15)11(16)12(17)13(18)14(9)19(8)4/h5H2,1-4H3/q+1. The SMILES string of the molecule is CCc1c(C)c(C)c2c(F)c(F)c(F)c(F)c2[n+]1C. The van der Waals surface area contributed by atoms with E-state index >= 15 is 0 Å². The Kier molecular flexibility index (Phi) is 3.24.